The van der Waals surface area contributed by atoms with Gasteiger partial charge in [0.15, 0.2) is 0 Å². The lowest BCUT2D eigenvalue weighted by Crippen LogP contribution is -2.27. The number of nitrogens with two attached hydrogens (primary N) is 1. The Balaban J connectivity index is 2.45. The van der Waals surface area contributed by atoms with Gasteiger partial charge in [0.05, 0.1) is 12.5 Å². The van der Waals surface area contributed by atoms with Gasteiger partial charge in [-0.3, -0.25) is 11.3 Å². The lowest BCUT2D eigenvalue weighted by molar-refractivity contribution is 0.485. The van der Waals surface area contributed by atoms with E-state index in [1.54, 1.807) is 12.5 Å². The van der Waals surface area contributed by atoms with E-state index in [2.05, 4.69) is 12.3 Å². The molecule has 0 radical (unpaired) electrons. The van der Waals surface area contributed by atoms with Gasteiger partial charge in [-0.15, -0.1) is 0 Å². The van der Waals surface area contributed by atoms with E-state index in [9.17, 15) is 0 Å². The highest BCUT2D eigenvalue weighted by Crippen LogP contribution is 2.18. The Kier molecular flexibility index (Phi) is 3.84. The van der Waals surface area contributed by atoms with Gasteiger partial charge in [-0.2, -0.15) is 0 Å². The van der Waals surface area contributed by atoms with Crippen molar-refractivity contribution in [2.75, 3.05) is 0 Å². The maximum atomic E-state index is 5.41. The van der Waals surface area contributed by atoms with Gasteiger partial charge in [0.2, 0.25) is 0 Å². The Bertz CT molecular complexity index is 196. The van der Waals surface area contributed by atoms with Crippen molar-refractivity contribution in [1.29, 1.82) is 0 Å². The Labute approximate surface area is 72.9 Å². The quantitative estimate of drug-likeness (QED) is 0.522. The largest absolute Gasteiger partial charge is 0.472 e. The number of hydrazine groups is 1. The predicted octanol–water partition coefficient (Wildman–Crippen LogP) is 1.97. The summed E-state index contributed by atoms with van der Waals surface area (Å²) in [4.78, 5) is 0. The van der Waals surface area contributed by atoms with Gasteiger partial charge in [-0.25, -0.2) is 0 Å². The predicted molar refractivity (Wildman–Crippen MR) is 48.3 cm³/mol. The summed E-state index contributed by atoms with van der Waals surface area (Å²) in [5.74, 6) is 5.41. The zero-order valence-corrected chi connectivity index (χ0v) is 7.42. The van der Waals surface area contributed by atoms with Gasteiger partial charge in [0, 0.05) is 11.6 Å². The standard InChI is InChI=1S/C9H16N2O/c1-2-3-4-9(11-10)8-5-6-12-7-8/h5-7,9,11H,2-4,10H2,1H3. The van der Waals surface area contributed by atoms with Crippen molar-refractivity contribution < 1.29 is 4.42 Å². The van der Waals surface area contributed by atoms with Crippen LogP contribution in [0.15, 0.2) is 23.0 Å². The number of hydrogen-bond donors (Lipinski definition) is 2. The molecule has 12 heavy (non-hydrogen) atoms. The number of hydrogen-bond acceptors (Lipinski definition) is 3. The minimum absolute atomic E-state index is 0.240. The third kappa shape index (κ3) is 2.36. The van der Waals surface area contributed by atoms with Gasteiger partial charge in [0.25, 0.3) is 0 Å². The number of rotatable bonds is 5. The molecule has 0 amide bonds. The molecular weight excluding hydrogens is 152 g/mol. The molecule has 0 aliphatic rings. The van der Waals surface area contributed by atoms with Gasteiger partial charge in [-0.1, -0.05) is 19.8 Å². The van der Waals surface area contributed by atoms with Crippen molar-refractivity contribution in [2.24, 2.45) is 5.84 Å². The summed E-state index contributed by atoms with van der Waals surface area (Å²) < 4.78 is 4.98. The van der Waals surface area contributed by atoms with Crippen LogP contribution in [0, 0.1) is 0 Å². The van der Waals surface area contributed by atoms with E-state index >= 15 is 0 Å². The molecule has 0 saturated carbocycles. The first-order valence-electron chi connectivity index (χ1n) is 4.36. The summed E-state index contributed by atoms with van der Waals surface area (Å²) in [5.41, 5.74) is 3.91. The van der Waals surface area contributed by atoms with E-state index in [0.29, 0.717) is 0 Å². The van der Waals surface area contributed by atoms with Gasteiger partial charge in [0.1, 0.15) is 0 Å². The SMILES string of the molecule is CCCCC(NN)c1ccoc1. The van der Waals surface area contributed by atoms with Gasteiger partial charge >= 0.3 is 0 Å². The molecule has 0 aliphatic heterocycles. The summed E-state index contributed by atoms with van der Waals surface area (Å²) in [7, 11) is 0. The molecule has 1 aromatic rings. The molecule has 0 aromatic carbocycles. The summed E-state index contributed by atoms with van der Waals surface area (Å²) in [5, 5.41) is 0. The molecule has 1 aromatic heterocycles. The van der Waals surface area contributed by atoms with E-state index < -0.39 is 0 Å². The second-order valence-corrected chi connectivity index (χ2v) is 2.92. The van der Waals surface area contributed by atoms with Crippen molar-refractivity contribution in [1.82, 2.24) is 5.43 Å². The second-order valence-electron chi connectivity index (χ2n) is 2.92. The number of nitrogens with one attached hydrogen (secondary N) is 1. The monoisotopic (exact) mass is 168 g/mol. The molecule has 3 heteroatoms. The lowest BCUT2D eigenvalue weighted by atomic mass is 10.1. The van der Waals surface area contributed by atoms with Crippen LogP contribution in [0.1, 0.15) is 37.8 Å². The zero-order chi connectivity index (χ0) is 8.81. The molecule has 1 heterocycles. The van der Waals surface area contributed by atoms with E-state index in [-0.39, 0.29) is 6.04 Å². The average molecular weight is 168 g/mol. The van der Waals surface area contributed by atoms with Crippen LogP contribution in [0.4, 0.5) is 0 Å². The highest BCUT2D eigenvalue weighted by atomic mass is 16.3. The van der Waals surface area contributed by atoms with E-state index in [1.807, 2.05) is 6.07 Å². The maximum absolute atomic E-state index is 5.41. The fraction of sp³-hybridized carbons (Fsp3) is 0.556. The molecule has 0 bridgehead atoms. The van der Waals surface area contributed by atoms with Crippen molar-refractivity contribution in [3.8, 4) is 0 Å². The highest BCUT2D eigenvalue weighted by Gasteiger charge is 2.08. The van der Waals surface area contributed by atoms with Crippen molar-refractivity contribution >= 4 is 0 Å². The Morgan fingerprint density at radius 3 is 3.00 bits per heavy atom. The average Bonchev–Trinajstić information content (AvgIpc) is 2.59. The first-order valence-corrected chi connectivity index (χ1v) is 4.36. The third-order valence-electron chi connectivity index (χ3n) is 1.99. The van der Waals surface area contributed by atoms with Crippen molar-refractivity contribution in [2.45, 2.75) is 32.2 Å². The first kappa shape index (κ1) is 9.29. The molecule has 0 saturated heterocycles. The Hall–Kier alpha value is -0.800. The van der Waals surface area contributed by atoms with Crippen LogP contribution in [-0.4, -0.2) is 0 Å². The van der Waals surface area contributed by atoms with Gasteiger partial charge in [-0.05, 0) is 12.5 Å². The Morgan fingerprint density at radius 2 is 2.50 bits per heavy atom. The fourth-order valence-corrected chi connectivity index (χ4v) is 1.23. The van der Waals surface area contributed by atoms with Crippen molar-refractivity contribution in [3.05, 3.63) is 24.2 Å². The maximum Gasteiger partial charge on any atom is 0.0950 e. The lowest BCUT2D eigenvalue weighted by Gasteiger charge is -2.12. The zero-order valence-electron chi connectivity index (χ0n) is 7.42. The van der Waals surface area contributed by atoms with Gasteiger partial charge < -0.3 is 4.42 Å². The number of furan rings is 1. The summed E-state index contributed by atoms with van der Waals surface area (Å²) >= 11 is 0. The van der Waals surface area contributed by atoms with Crippen LogP contribution in [0.5, 0.6) is 0 Å². The van der Waals surface area contributed by atoms with E-state index in [0.717, 1.165) is 12.0 Å². The summed E-state index contributed by atoms with van der Waals surface area (Å²) in [6, 6.07) is 2.18. The van der Waals surface area contributed by atoms with Crippen LogP contribution in [0.3, 0.4) is 0 Å². The first-order chi connectivity index (χ1) is 5.88. The van der Waals surface area contributed by atoms with E-state index in [4.69, 9.17) is 10.3 Å². The fourth-order valence-electron chi connectivity index (χ4n) is 1.23. The molecule has 0 spiro atoms. The molecular formula is C9H16N2O. The normalized spacial score (nSPS) is 13.2. The van der Waals surface area contributed by atoms with Crippen molar-refractivity contribution in [3.63, 3.8) is 0 Å². The van der Waals surface area contributed by atoms with Crippen LogP contribution >= 0.6 is 0 Å². The molecule has 1 atom stereocenters. The van der Waals surface area contributed by atoms with Crippen LogP contribution in [0.25, 0.3) is 0 Å². The molecule has 1 rings (SSSR count). The third-order valence-corrected chi connectivity index (χ3v) is 1.99. The minimum atomic E-state index is 0.240. The Morgan fingerprint density at radius 1 is 1.67 bits per heavy atom. The highest BCUT2D eigenvalue weighted by molar-refractivity contribution is 5.10. The van der Waals surface area contributed by atoms with Crippen LogP contribution in [0.2, 0.25) is 0 Å². The molecule has 0 aliphatic carbocycles. The molecule has 3 nitrogen and oxygen atoms in total. The molecule has 0 fully saturated rings. The topological polar surface area (TPSA) is 51.2 Å². The number of unbranched alkanes of at least 4 members (excludes halogenated alkanes) is 1. The summed E-state index contributed by atoms with van der Waals surface area (Å²) in [6.07, 6.45) is 6.84. The second kappa shape index (κ2) is 4.95. The van der Waals surface area contributed by atoms with Crippen LogP contribution in [-0.2, 0) is 0 Å². The molecule has 3 N–H and O–H groups in total. The minimum Gasteiger partial charge on any atom is -0.472 e. The smallest absolute Gasteiger partial charge is 0.0950 e. The molecule has 68 valence electrons. The van der Waals surface area contributed by atoms with E-state index in [1.165, 1.54) is 12.8 Å². The van der Waals surface area contributed by atoms with Crippen LogP contribution < -0.4 is 11.3 Å². The summed E-state index contributed by atoms with van der Waals surface area (Å²) in [6.45, 7) is 2.17. The molecule has 1 unspecified atom stereocenters.